The molecule has 1 N–H and O–H groups in total. The van der Waals surface area contributed by atoms with Crippen molar-refractivity contribution in [3.05, 3.63) is 0 Å². The monoisotopic (exact) mass is 105 g/mol. The predicted molar refractivity (Wildman–Crippen MR) is 27.9 cm³/mol. The summed E-state index contributed by atoms with van der Waals surface area (Å²) < 4.78 is 8.97. The van der Waals surface area contributed by atoms with Crippen LogP contribution in [0.15, 0.2) is 0 Å². The lowest BCUT2D eigenvalue weighted by Crippen LogP contribution is -2.35. The largest absolute Gasteiger partial charge is 0.560 e. The molecule has 0 unspecified atom stereocenters. The van der Waals surface area contributed by atoms with E-state index in [4.69, 9.17) is 5.02 Å². The van der Waals surface area contributed by atoms with Crippen LogP contribution in [0.3, 0.4) is 0 Å². The van der Waals surface area contributed by atoms with Gasteiger partial charge < -0.3 is 14.3 Å². The standard InChI is InChI=1S/C3H10BO3/c1-4(5,6-2)7-3/h5H,1-3H3/q-1. The second-order valence-corrected chi connectivity index (χ2v) is 1.51. The molecule has 44 valence electrons. The molecular weight excluding hydrogens is 94.8 g/mol. The fourth-order valence-electron chi connectivity index (χ4n) is 0.0962. The summed E-state index contributed by atoms with van der Waals surface area (Å²) in [6.07, 6.45) is 0. The Balaban J connectivity index is 3.36. The Morgan fingerprint density at radius 3 is 1.57 bits per heavy atom. The molecule has 0 aromatic rings. The summed E-state index contributed by atoms with van der Waals surface area (Å²) in [4.78, 5) is 0. The molecule has 0 saturated heterocycles. The van der Waals surface area contributed by atoms with E-state index in [1.165, 1.54) is 21.0 Å². The quantitative estimate of drug-likeness (QED) is 0.496. The van der Waals surface area contributed by atoms with E-state index in [0.29, 0.717) is 0 Å². The highest BCUT2D eigenvalue weighted by Gasteiger charge is 2.11. The van der Waals surface area contributed by atoms with Crippen LogP contribution in [0.4, 0.5) is 0 Å². The summed E-state index contributed by atoms with van der Waals surface area (Å²) in [7, 11) is 2.78. The molecular formula is C3H10BO3-. The second-order valence-electron chi connectivity index (χ2n) is 1.51. The van der Waals surface area contributed by atoms with Gasteiger partial charge in [-0.3, -0.25) is 0 Å². The molecule has 0 fully saturated rings. The van der Waals surface area contributed by atoms with Gasteiger partial charge in [0.1, 0.15) is 0 Å². The van der Waals surface area contributed by atoms with Crippen molar-refractivity contribution in [1.82, 2.24) is 0 Å². The third kappa shape index (κ3) is 2.62. The molecule has 0 spiro atoms. The van der Waals surface area contributed by atoms with Gasteiger partial charge >= 0.3 is 6.75 Å². The first-order valence-corrected chi connectivity index (χ1v) is 2.12. The van der Waals surface area contributed by atoms with E-state index >= 15 is 0 Å². The van der Waals surface area contributed by atoms with E-state index in [1.807, 2.05) is 0 Å². The van der Waals surface area contributed by atoms with Crippen molar-refractivity contribution >= 4 is 6.75 Å². The van der Waals surface area contributed by atoms with Crippen molar-refractivity contribution < 1.29 is 14.3 Å². The van der Waals surface area contributed by atoms with Gasteiger partial charge in [0.05, 0.1) is 0 Å². The molecule has 0 aliphatic carbocycles. The van der Waals surface area contributed by atoms with Crippen LogP contribution < -0.4 is 0 Å². The summed E-state index contributed by atoms with van der Waals surface area (Å²) in [5.74, 6) is 0. The van der Waals surface area contributed by atoms with Gasteiger partial charge in [0, 0.05) is 0 Å². The van der Waals surface area contributed by atoms with Crippen LogP contribution in [0.1, 0.15) is 0 Å². The summed E-state index contributed by atoms with van der Waals surface area (Å²) in [5.41, 5.74) is 0. The van der Waals surface area contributed by atoms with Crippen molar-refractivity contribution in [3.8, 4) is 0 Å². The van der Waals surface area contributed by atoms with Crippen molar-refractivity contribution in [2.45, 2.75) is 6.82 Å². The van der Waals surface area contributed by atoms with Crippen molar-refractivity contribution in [1.29, 1.82) is 0 Å². The smallest absolute Gasteiger partial charge is 0.373 e. The van der Waals surface area contributed by atoms with E-state index in [-0.39, 0.29) is 0 Å². The van der Waals surface area contributed by atoms with Crippen LogP contribution in [0.2, 0.25) is 6.82 Å². The average Bonchev–Trinajstić information content (AvgIpc) is 1.68. The van der Waals surface area contributed by atoms with Crippen molar-refractivity contribution in [2.24, 2.45) is 0 Å². The summed E-state index contributed by atoms with van der Waals surface area (Å²) in [5, 5.41) is 8.75. The number of rotatable bonds is 2. The normalized spacial score (nSPS) is 12.0. The van der Waals surface area contributed by atoms with Gasteiger partial charge in [-0.05, 0) is 14.2 Å². The third-order valence-corrected chi connectivity index (χ3v) is 0.875. The molecule has 0 aromatic heterocycles. The Morgan fingerprint density at radius 2 is 1.57 bits per heavy atom. The molecule has 0 rings (SSSR count). The van der Waals surface area contributed by atoms with Gasteiger partial charge in [-0.1, -0.05) is 0 Å². The minimum atomic E-state index is -1.97. The van der Waals surface area contributed by atoms with E-state index in [0.717, 1.165) is 0 Å². The molecule has 0 bridgehead atoms. The molecule has 0 radical (unpaired) electrons. The first kappa shape index (κ1) is 6.94. The SMILES string of the molecule is CO[B-](C)(O)OC. The zero-order valence-electron chi connectivity index (χ0n) is 4.84. The van der Waals surface area contributed by atoms with Crippen LogP contribution >= 0.6 is 0 Å². The lowest BCUT2D eigenvalue weighted by atomic mass is 9.84. The van der Waals surface area contributed by atoms with Crippen LogP contribution in [-0.4, -0.2) is 26.0 Å². The molecule has 7 heavy (non-hydrogen) atoms. The molecule has 0 aliphatic rings. The lowest BCUT2D eigenvalue weighted by molar-refractivity contribution is 0.160. The molecule has 0 heterocycles. The Bertz CT molecular complexity index is 48.1. The maximum atomic E-state index is 8.75. The molecule has 0 amide bonds. The van der Waals surface area contributed by atoms with Crippen molar-refractivity contribution in [2.75, 3.05) is 14.2 Å². The second kappa shape index (κ2) is 2.30. The van der Waals surface area contributed by atoms with Gasteiger partial charge in [0.15, 0.2) is 0 Å². The predicted octanol–water partition coefficient (Wildman–Crippen LogP) is -0.160. The van der Waals surface area contributed by atoms with E-state index in [1.54, 1.807) is 0 Å². The van der Waals surface area contributed by atoms with Gasteiger partial charge in [0.25, 0.3) is 0 Å². The van der Waals surface area contributed by atoms with Gasteiger partial charge in [-0.25, -0.2) is 0 Å². The number of hydrogen-bond donors (Lipinski definition) is 1. The third-order valence-electron chi connectivity index (χ3n) is 0.875. The topological polar surface area (TPSA) is 38.7 Å². The van der Waals surface area contributed by atoms with Crippen molar-refractivity contribution in [3.63, 3.8) is 0 Å². The van der Waals surface area contributed by atoms with Crippen LogP contribution in [-0.2, 0) is 9.31 Å². The molecule has 0 saturated carbocycles. The number of hydrogen-bond acceptors (Lipinski definition) is 3. The highest BCUT2D eigenvalue weighted by molar-refractivity contribution is 6.57. The fraction of sp³-hybridized carbons (Fsp3) is 1.00. The summed E-state index contributed by atoms with van der Waals surface area (Å²) in [6.45, 7) is -0.500. The Hall–Kier alpha value is -0.0551. The van der Waals surface area contributed by atoms with E-state index < -0.39 is 6.75 Å². The van der Waals surface area contributed by atoms with Crippen LogP contribution in [0.25, 0.3) is 0 Å². The van der Waals surface area contributed by atoms with E-state index in [9.17, 15) is 0 Å². The fourth-order valence-corrected chi connectivity index (χ4v) is 0.0962. The highest BCUT2D eigenvalue weighted by atomic mass is 16.7. The molecule has 0 aromatic carbocycles. The van der Waals surface area contributed by atoms with E-state index in [2.05, 4.69) is 9.31 Å². The first-order valence-electron chi connectivity index (χ1n) is 2.12. The Morgan fingerprint density at radius 1 is 1.29 bits per heavy atom. The van der Waals surface area contributed by atoms with Gasteiger partial charge in [-0.2, -0.15) is 0 Å². The average molecular weight is 105 g/mol. The maximum absolute atomic E-state index is 8.75. The highest BCUT2D eigenvalue weighted by Crippen LogP contribution is 1.94. The first-order chi connectivity index (χ1) is 3.12. The Labute approximate surface area is 43.3 Å². The maximum Gasteiger partial charge on any atom is 0.373 e. The molecule has 0 aliphatic heterocycles. The summed E-state index contributed by atoms with van der Waals surface area (Å²) in [6, 6.07) is 0. The molecule has 3 nitrogen and oxygen atoms in total. The zero-order valence-corrected chi connectivity index (χ0v) is 4.84. The Kier molecular flexibility index (Phi) is 2.28. The lowest BCUT2D eigenvalue weighted by Gasteiger charge is -2.26. The minimum absolute atomic E-state index is 1.39. The zero-order chi connectivity index (χ0) is 5.91. The van der Waals surface area contributed by atoms with Crippen LogP contribution in [0.5, 0.6) is 0 Å². The molecule has 0 atom stereocenters. The molecule has 4 heteroatoms. The minimum Gasteiger partial charge on any atom is -0.560 e. The van der Waals surface area contributed by atoms with Gasteiger partial charge in [0.2, 0.25) is 0 Å². The summed E-state index contributed by atoms with van der Waals surface area (Å²) >= 11 is 0. The van der Waals surface area contributed by atoms with Gasteiger partial charge in [-0.15, -0.1) is 6.82 Å². The van der Waals surface area contributed by atoms with Crippen LogP contribution in [0, 0.1) is 0 Å².